The van der Waals surface area contributed by atoms with Gasteiger partial charge in [0.1, 0.15) is 0 Å². The van der Waals surface area contributed by atoms with Gasteiger partial charge in [0, 0.05) is 19.1 Å². The second kappa shape index (κ2) is 7.22. The summed E-state index contributed by atoms with van der Waals surface area (Å²) in [4.78, 5) is 2.44. The van der Waals surface area contributed by atoms with Gasteiger partial charge in [-0.2, -0.15) is 0 Å². The van der Waals surface area contributed by atoms with Gasteiger partial charge in [-0.15, -0.1) is 0 Å². The van der Waals surface area contributed by atoms with Crippen molar-refractivity contribution >= 4 is 0 Å². The number of nitrogens with two attached hydrogens (primary N) is 1. The molecule has 2 nitrogen and oxygen atoms in total. The van der Waals surface area contributed by atoms with E-state index in [0.29, 0.717) is 12.1 Å². The molecule has 0 aromatic heterocycles. The lowest BCUT2D eigenvalue weighted by Crippen LogP contribution is -2.56. The van der Waals surface area contributed by atoms with Gasteiger partial charge >= 0.3 is 0 Å². The minimum atomic E-state index is 0.333. The molecule has 1 aliphatic rings. The highest BCUT2D eigenvalue weighted by atomic mass is 15.2. The Labute approximate surface area is 122 Å². The van der Waals surface area contributed by atoms with Gasteiger partial charge in [0.25, 0.3) is 0 Å². The normalized spacial score (nSPS) is 15.4. The Hall–Kier alpha value is -1.64. The van der Waals surface area contributed by atoms with Crippen molar-refractivity contribution in [2.24, 2.45) is 5.73 Å². The SMILES string of the molecule is CC.NC1CN(C(c2ccccc2)c2ccccc2)C1. The fraction of sp³-hybridized carbons (Fsp3) is 0.333. The highest BCUT2D eigenvalue weighted by molar-refractivity contribution is 5.32. The molecule has 0 atom stereocenters. The third-order valence-electron chi connectivity index (χ3n) is 3.53. The lowest BCUT2D eigenvalue weighted by atomic mass is 9.93. The molecule has 20 heavy (non-hydrogen) atoms. The van der Waals surface area contributed by atoms with Crippen molar-refractivity contribution in [3.05, 3.63) is 71.8 Å². The fourth-order valence-electron chi connectivity index (χ4n) is 2.64. The van der Waals surface area contributed by atoms with Crippen molar-refractivity contribution in [3.63, 3.8) is 0 Å². The van der Waals surface area contributed by atoms with Crippen LogP contribution in [0.5, 0.6) is 0 Å². The molecule has 1 saturated heterocycles. The first-order valence-corrected chi connectivity index (χ1v) is 7.44. The van der Waals surface area contributed by atoms with Crippen LogP contribution in [0.3, 0.4) is 0 Å². The topological polar surface area (TPSA) is 29.3 Å². The Bertz CT molecular complexity index is 450. The molecule has 0 amide bonds. The Morgan fingerprint density at radius 3 is 1.60 bits per heavy atom. The van der Waals surface area contributed by atoms with Crippen molar-refractivity contribution in [3.8, 4) is 0 Å². The van der Waals surface area contributed by atoms with Crippen LogP contribution in [-0.2, 0) is 0 Å². The van der Waals surface area contributed by atoms with Crippen LogP contribution in [0, 0.1) is 0 Å². The molecule has 0 radical (unpaired) electrons. The average molecular weight is 268 g/mol. The fourth-order valence-corrected chi connectivity index (χ4v) is 2.64. The molecule has 1 fully saturated rings. The maximum atomic E-state index is 5.92. The first-order chi connectivity index (χ1) is 9.84. The zero-order valence-corrected chi connectivity index (χ0v) is 12.4. The second-order valence-corrected chi connectivity index (χ2v) is 4.94. The molecule has 2 aromatic carbocycles. The number of rotatable bonds is 3. The van der Waals surface area contributed by atoms with E-state index < -0.39 is 0 Å². The summed E-state index contributed by atoms with van der Waals surface area (Å²) in [5.41, 5.74) is 8.61. The summed E-state index contributed by atoms with van der Waals surface area (Å²) in [5.74, 6) is 0. The first kappa shape index (κ1) is 14.8. The van der Waals surface area contributed by atoms with E-state index in [1.807, 2.05) is 13.8 Å². The molecular weight excluding hydrogens is 244 g/mol. The van der Waals surface area contributed by atoms with E-state index in [1.54, 1.807) is 0 Å². The highest BCUT2D eigenvalue weighted by Gasteiger charge is 2.31. The van der Waals surface area contributed by atoms with Crippen LogP contribution >= 0.6 is 0 Å². The van der Waals surface area contributed by atoms with Crippen molar-refractivity contribution in [2.45, 2.75) is 25.9 Å². The third kappa shape index (κ3) is 3.27. The lowest BCUT2D eigenvalue weighted by Gasteiger charge is -2.43. The summed E-state index contributed by atoms with van der Waals surface area (Å²) in [5, 5.41) is 0. The monoisotopic (exact) mass is 268 g/mol. The third-order valence-corrected chi connectivity index (χ3v) is 3.53. The van der Waals surface area contributed by atoms with Gasteiger partial charge in [-0.25, -0.2) is 0 Å². The van der Waals surface area contributed by atoms with E-state index >= 15 is 0 Å². The lowest BCUT2D eigenvalue weighted by molar-refractivity contribution is 0.114. The van der Waals surface area contributed by atoms with Gasteiger partial charge in [0.15, 0.2) is 0 Å². The van der Waals surface area contributed by atoms with Crippen molar-refractivity contribution < 1.29 is 0 Å². The predicted octanol–water partition coefficient (Wildman–Crippen LogP) is 3.45. The first-order valence-electron chi connectivity index (χ1n) is 7.44. The number of likely N-dealkylation sites (tertiary alicyclic amines) is 1. The van der Waals surface area contributed by atoms with Gasteiger partial charge < -0.3 is 5.73 Å². The van der Waals surface area contributed by atoms with E-state index in [2.05, 4.69) is 65.6 Å². The summed E-state index contributed by atoms with van der Waals surface area (Å²) < 4.78 is 0. The molecule has 0 spiro atoms. The highest BCUT2D eigenvalue weighted by Crippen LogP contribution is 2.31. The molecule has 1 aliphatic heterocycles. The molecule has 0 saturated carbocycles. The number of hydrogen-bond acceptors (Lipinski definition) is 2. The molecule has 3 rings (SSSR count). The predicted molar refractivity (Wildman–Crippen MR) is 85.6 cm³/mol. The minimum Gasteiger partial charge on any atom is -0.325 e. The number of nitrogens with zero attached hydrogens (tertiary/aromatic N) is 1. The van der Waals surface area contributed by atoms with Crippen LogP contribution in [0.1, 0.15) is 31.0 Å². The molecule has 2 N–H and O–H groups in total. The number of benzene rings is 2. The summed E-state index contributed by atoms with van der Waals surface area (Å²) >= 11 is 0. The van der Waals surface area contributed by atoms with Crippen LogP contribution in [0.2, 0.25) is 0 Å². The Morgan fingerprint density at radius 2 is 1.25 bits per heavy atom. The molecular formula is C18H24N2. The summed E-state index contributed by atoms with van der Waals surface area (Å²) in [6, 6.07) is 22.0. The van der Waals surface area contributed by atoms with Gasteiger partial charge in [-0.05, 0) is 11.1 Å². The zero-order valence-electron chi connectivity index (χ0n) is 12.4. The zero-order chi connectivity index (χ0) is 14.4. The van der Waals surface area contributed by atoms with Crippen molar-refractivity contribution in [1.82, 2.24) is 4.90 Å². The van der Waals surface area contributed by atoms with Crippen LogP contribution in [-0.4, -0.2) is 24.0 Å². The quantitative estimate of drug-likeness (QED) is 0.924. The van der Waals surface area contributed by atoms with Crippen LogP contribution in [0.25, 0.3) is 0 Å². The molecule has 2 aromatic rings. The van der Waals surface area contributed by atoms with Gasteiger partial charge in [-0.1, -0.05) is 74.5 Å². The van der Waals surface area contributed by atoms with Crippen molar-refractivity contribution in [2.75, 3.05) is 13.1 Å². The van der Waals surface area contributed by atoms with E-state index in [4.69, 9.17) is 5.73 Å². The Balaban J connectivity index is 0.000000704. The Kier molecular flexibility index (Phi) is 5.33. The van der Waals surface area contributed by atoms with E-state index in [0.717, 1.165) is 13.1 Å². The summed E-state index contributed by atoms with van der Waals surface area (Å²) in [6.45, 7) is 5.96. The largest absolute Gasteiger partial charge is 0.325 e. The standard InChI is InChI=1S/C16H18N2.C2H6/c17-15-11-18(12-15)16(13-7-3-1-4-8-13)14-9-5-2-6-10-14;1-2/h1-10,15-16H,11-12,17H2;1-2H3. The van der Waals surface area contributed by atoms with Gasteiger partial charge in [-0.3, -0.25) is 4.90 Å². The molecule has 0 aliphatic carbocycles. The summed E-state index contributed by atoms with van der Waals surface area (Å²) in [7, 11) is 0. The van der Waals surface area contributed by atoms with Gasteiger partial charge in [0.2, 0.25) is 0 Å². The van der Waals surface area contributed by atoms with Crippen LogP contribution < -0.4 is 5.73 Å². The molecule has 106 valence electrons. The summed E-state index contributed by atoms with van der Waals surface area (Å²) in [6.07, 6.45) is 0. The smallest absolute Gasteiger partial charge is 0.0602 e. The van der Waals surface area contributed by atoms with Gasteiger partial charge in [0.05, 0.1) is 6.04 Å². The molecule has 1 heterocycles. The maximum absolute atomic E-state index is 5.92. The van der Waals surface area contributed by atoms with E-state index in [-0.39, 0.29) is 0 Å². The van der Waals surface area contributed by atoms with E-state index in [9.17, 15) is 0 Å². The van der Waals surface area contributed by atoms with Crippen LogP contribution in [0.15, 0.2) is 60.7 Å². The minimum absolute atomic E-state index is 0.333. The molecule has 0 unspecified atom stereocenters. The average Bonchev–Trinajstić information content (AvgIpc) is 2.50. The second-order valence-electron chi connectivity index (χ2n) is 4.94. The Morgan fingerprint density at radius 1 is 0.850 bits per heavy atom. The molecule has 2 heteroatoms. The van der Waals surface area contributed by atoms with E-state index in [1.165, 1.54) is 11.1 Å². The molecule has 0 bridgehead atoms. The van der Waals surface area contributed by atoms with Crippen LogP contribution in [0.4, 0.5) is 0 Å². The number of hydrogen-bond donors (Lipinski definition) is 1. The maximum Gasteiger partial charge on any atom is 0.0602 e. The van der Waals surface area contributed by atoms with Crippen molar-refractivity contribution in [1.29, 1.82) is 0 Å².